The van der Waals surface area contributed by atoms with E-state index in [0.717, 1.165) is 25.9 Å². The Kier molecular flexibility index (Phi) is 6.76. The fraction of sp³-hybridized carbons (Fsp3) is 0.632. The number of amides is 1. The Balaban J connectivity index is 0.00000192. The van der Waals surface area contributed by atoms with Gasteiger partial charge in [0.2, 0.25) is 5.91 Å². The SMILES string of the molecule is CC(=O)N1CCCC(Cc2ccc(N3CCCCC3)cc2)C1.Cl. The number of benzene rings is 1. The van der Waals surface area contributed by atoms with Gasteiger partial charge in [-0.15, -0.1) is 12.4 Å². The molecule has 1 atom stereocenters. The summed E-state index contributed by atoms with van der Waals surface area (Å²) in [5.74, 6) is 0.851. The molecule has 0 saturated carbocycles. The van der Waals surface area contributed by atoms with E-state index < -0.39 is 0 Å². The lowest BCUT2D eigenvalue weighted by molar-refractivity contribution is -0.130. The zero-order valence-electron chi connectivity index (χ0n) is 14.2. The summed E-state index contributed by atoms with van der Waals surface area (Å²) in [6.45, 7) is 5.98. The quantitative estimate of drug-likeness (QED) is 0.835. The van der Waals surface area contributed by atoms with Crippen molar-refractivity contribution in [2.24, 2.45) is 5.92 Å². The Morgan fingerprint density at radius 3 is 2.39 bits per heavy atom. The molecule has 0 bridgehead atoms. The summed E-state index contributed by atoms with van der Waals surface area (Å²) in [4.78, 5) is 16.1. The topological polar surface area (TPSA) is 23.6 Å². The fourth-order valence-electron chi connectivity index (χ4n) is 3.85. The van der Waals surface area contributed by atoms with Gasteiger partial charge in [0.15, 0.2) is 0 Å². The van der Waals surface area contributed by atoms with Gasteiger partial charge in [0.05, 0.1) is 0 Å². The molecule has 1 amide bonds. The predicted octanol–water partition coefficient (Wildman–Crippen LogP) is 3.90. The average Bonchev–Trinajstić information content (AvgIpc) is 2.56. The summed E-state index contributed by atoms with van der Waals surface area (Å²) < 4.78 is 0. The second kappa shape index (κ2) is 8.58. The maximum Gasteiger partial charge on any atom is 0.219 e. The molecule has 2 aliphatic heterocycles. The molecule has 3 rings (SSSR count). The van der Waals surface area contributed by atoms with Crippen molar-refractivity contribution in [3.05, 3.63) is 29.8 Å². The number of likely N-dealkylation sites (tertiary alicyclic amines) is 1. The molecule has 2 aliphatic rings. The summed E-state index contributed by atoms with van der Waals surface area (Å²) in [5, 5.41) is 0. The summed E-state index contributed by atoms with van der Waals surface area (Å²) in [5.41, 5.74) is 2.79. The largest absolute Gasteiger partial charge is 0.372 e. The van der Waals surface area contributed by atoms with E-state index in [1.807, 2.05) is 4.90 Å². The van der Waals surface area contributed by atoms with Crippen molar-refractivity contribution in [3.8, 4) is 0 Å². The molecule has 0 aromatic heterocycles. The van der Waals surface area contributed by atoms with Gasteiger partial charge in [-0.3, -0.25) is 4.79 Å². The van der Waals surface area contributed by atoms with E-state index in [1.165, 1.54) is 50.0 Å². The van der Waals surface area contributed by atoms with Gasteiger partial charge in [-0.2, -0.15) is 0 Å². The van der Waals surface area contributed by atoms with Crippen LogP contribution in [0, 0.1) is 5.92 Å². The lowest BCUT2D eigenvalue weighted by Gasteiger charge is -2.32. The Morgan fingerprint density at radius 2 is 1.74 bits per heavy atom. The van der Waals surface area contributed by atoms with Gasteiger partial charge in [-0.05, 0) is 62.1 Å². The van der Waals surface area contributed by atoms with Crippen molar-refractivity contribution in [1.29, 1.82) is 0 Å². The van der Waals surface area contributed by atoms with Crippen molar-refractivity contribution in [1.82, 2.24) is 4.90 Å². The molecule has 4 heteroatoms. The molecule has 2 fully saturated rings. The molecule has 0 N–H and O–H groups in total. The van der Waals surface area contributed by atoms with Gasteiger partial charge in [0, 0.05) is 38.8 Å². The third-order valence-electron chi connectivity index (χ3n) is 5.15. The van der Waals surface area contributed by atoms with Crippen LogP contribution in [-0.4, -0.2) is 37.0 Å². The molecular formula is C19H29ClN2O. The maximum absolute atomic E-state index is 11.5. The first kappa shape index (κ1) is 18.1. The number of anilines is 1. The highest BCUT2D eigenvalue weighted by atomic mass is 35.5. The van der Waals surface area contributed by atoms with Gasteiger partial charge in [-0.25, -0.2) is 0 Å². The number of rotatable bonds is 3. The van der Waals surface area contributed by atoms with Crippen molar-refractivity contribution < 1.29 is 4.79 Å². The summed E-state index contributed by atoms with van der Waals surface area (Å²) >= 11 is 0. The number of hydrogen-bond acceptors (Lipinski definition) is 2. The number of nitrogens with zero attached hydrogens (tertiary/aromatic N) is 2. The lowest BCUT2D eigenvalue weighted by Crippen LogP contribution is -2.39. The minimum absolute atomic E-state index is 0. The number of carbonyl (C=O) groups excluding carboxylic acids is 1. The number of halogens is 1. The second-order valence-corrected chi connectivity index (χ2v) is 6.89. The van der Waals surface area contributed by atoms with Crippen LogP contribution in [0.1, 0.15) is 44.6 Å². The third-order valence-corrected chi connectivity index (χ3v) is 5.15. The molecule has 0 spiro atoms. The molecule has 128 valence electrons. The molecule has 3 nitrogen and oxygen atoms in total. The molecule has 2 saturated heterocycles. The fourth-order valence-corrected chi connectivity index (χ4v) is 3.85. The van der Waals surface area contributed by atoms with Crippen LogP contribution in [0.3, 0.4) is 0 Å². The molecule has 1 aromatic rings. The monoisotopic (exact) mass is 336 g/mol. The van der Waals surface area contributed by atoms with Crippen molar-refractivity contribution in [2.75, 3.05) is 31.1 Å². The minimum atomic E-state index is 0. The predicted molar refractivity (Wildman–Crippen MR) is 98.4 cm³/mol. The standard InChI is InChI=1S/C19H28N2O.ClH/c1-16(22)21-13-5-6-18(15-21)14-17-7-9-19(10-8-17)20-11-3-2-4-12-20;/h7-10,18H,2-6,11-15H2,1H3;1H. The van der Waals surface area contributed by atoms with Gasteiger partial charge in [0.1, 0.15) is 0 Å². The van der Waals surface area contributed by atoms with E-state index in [0.29, 0.717) is 5.92 Å². The first-order chi connectivity index (χ1) is 10.7. The molecule has 23 heavy (non-hydrogen) atoms. The van der Waals surface area contributed by atoms with Crippen LogP contribution in [0.4, 0.5) is 5.69 Å². The van der Waals surface area contributed by atoms with Crippen molar-refractivity contribution in [2.45, 2.75) is 45.4 Å². The van der Waals surface area contributed by atoms with Crippen LogP contribution in [0.5, 0.6) is 0 Å². The highest BCUT2D eigenvalue weighted by molar-refractivity contribution is 5.85. The van der Waals surface area contributed by atoms with E-state index >= 15 is 0 Å². The summed E-state index contributed by atoms with van der Waals surface area (Å²) in [6, 6.07) is 9.14. The van der Waals surface area contributed by atoms with Crippen LogP contribution in [0.2, 0.25) is 0 Å². The molecule has 1 aromatic carbocycles. The van der Waals surface area contributed by atoms with Gasteiger partial charge in [0.25, 0.3) is 0 Å². The van der Waals surface area contributed by atoms with E-state index in [-0.39, 0.29) is 18.3 Å². The van der Waals surface area contributed by atoms with Gasteiger partial charge in [-0.1, -0.05) is 12.1 Å². The Bertz CT molecular complexity index is 497. The number of piperidine rings is 2. The smallest absolute Gasteiger partial charge is 0.219 e. The number of hydrogen-bond donors (Lipinski definition) is 0. The highest BCUT2D eigenvalue weighted by Crippen LogP contribution is 2.24. The summed E-state index contributed by atoms with van der Waals surface area (Å²) in [7, 11) is 0. The zero-order valence-corrected chi connectivity index (χ0v) is 15.0. The molecule has 1 unspecified atom stereocenters. The zero-order chi connectivity index (χ0) is 15.4. The van der Waals surface area contributed by atoms with Crippen LogP contribution >= 0.6 is 12.4 Å². The first-order valence-corrected chi connectivity index (χ1v) is 8.82. The normalized spacial score (nSPS) is 21.7. The number of carbonyl (C=O) groups is 1. The van der Waals surface area contributed by atoms with E-state index in [1.54, 1.807) is 6.92 Å². The average molecular weight is 337 g/mol. The van der Waals surface area contributed by atoms with Crippen molar-refractivity contribution >= 4 is 24.0 Å². The first-order valence-electron chi connectivity index (χ1n) is 8.82. The molecule has 0 radical (unpaired) electrons. The van der Waals surface area contributed by atoms with Crippen molar-refractivity contribution in [3.63, 3.8) is 0 Å². The van der Waals surface area contributed by atoms with E-state index in [9.17, 15) is 4.79 Å². The van der Waals surface area contributed by atoms with Gasteiger partial charge < -0.3 is 9.80 Å². The Hall–Kier alpha value is -1.22. The van der Waals surface area contributed by atoms with Crippen LogP contribution in [0.15, 0.2) is 24.3 Å². The maximum atomic E-state index is 11.5. The van der Waals surface area contributed by atoms with Crippen LogP contribution < -0.4 is 4.90 Å². The van der Waals surface area contributed by atoms with Gasteiger partial charge >= 0.3 is 0 Å². The third kappa shape index (κ3) is 4.87. The molecule has 0 aliphatic carbocycles. The molecular weight excluding hydrogens is 308 g/mol. The van der Waals surface area contributed by atoms with Crippen LogP contribution in [-0.2, 0) is 11.2 Å². The van der Waals surface area contributed by atoms with E-state index in [2.05, 4.69) is 29.2 Å². The molecule has 2 heterocycles. The minimum Gasteiger partial charge on any atom is -0.372 e. The van der Waals surface area contributed by atoms with E-state index in [4.69, 9.17) is 0 Å². The van der Waals surface area contributed by atoms with Crippen LogP contribution in [0.25, 0.3) is 0 Å². The summed E-state index contributed by atoms with van der Waals surface area (Å²) in [6.07, 6.45) is 7.52. The second-order valence-electron chi connectivity index (χ2n) is 6.89. The highest BCUT2D eigenvalue weighted by Gasteiger charge is 2.21. The Labute approximate surface area is 146 Å². The lowest BCUT2D eigenvalue weighted by atomic mass is 9.91. The Morgan fingerprint density at radius 1 is 1.04 bits per heavy atom.